The van der Waals surface area contributed by atoms with Gasteiger partial charge in [-0.15, -0.1) is 0 Å². The summed E-state index contributed by atoms with van der Waals surface area (Å²) in [4.78, 5) is 3.49. The molecule has 0 bridgehead atoms. The fourth-order valence-electron chi connectivity index (χ4n) is 3.41. The van der Waals surface area contributed by atoms with Crippen molar-refractivity contribution in [1.29, 1.82) is 0 Å². The van der Waals surface area contributed by atoms with Crippen LogP contribution in [0.15, 0.2) is 23.1 Å². The van der Waals surface area contributed by atoms with E-state index in [0.717, 1.165) is 5.52 Å². The van der Waals surface area contributed by atoms with E-state index in [1.165, 1.54) is 31.9 Å². The maximum absolute atomic E-state index is 12.0. The van der Waals surface area contributed by atoms with Crippen molar-refractivity contribution in [3.8, 4) is 0 Å². The molecular weight excluding hydrogens is 304 g/mol. The van der Waals surface area contributed by atoms with Crippen molar-refractivity contribution >= 4 is 33.1 Å². The van der Waals surface area contributed by atoms with Crippen LogP contribution in [0.4, 0.5) is 0 Å². The summed E-state index contributed by atoms with van der Waals surface area (Å²) < 4.78 is 26.8. The second-order valence-electron chi connectivity index (χ2n) is 6.39. The lowest BCUT2D eigenvalue weighted by molar-refractivity contribution is 0.400. The second-order valence-corrected chi connectivity index (χ2v) is 8.76. The minimum atomic E-state index is -3.26. The molecule has 1 N–H and O–H groups in total. The number of nitrogens with zero attached hydrogens (tertiary/aromatic N) is 1. The summed E-state index contributed by atoms with van der Waals surface area (Å²) in [5.41, 5.74) is 1.60. The molecule has 0 atom stereocenters. The van der Waals surface area contributed by atoms with E-state index in [0.29, 0.717) is 33.1 Å². The van der Waals surface area contributed by atoms with Crippen molar-refractivity contribution in [2.75, 3.05) is 6.26 Å². The Labute approximate surface area is 129 Å². The van der Waals surface area contributed by atoms with Crippen LogP contribution in [0.25, 0.3) is 11.0 Å². The number of hydrogen-bond donors (Lipinski definition) is 1. The quantitative estimate of drug-likeness (QED) is 0.877. The Bertz CT molecular complexity index is 859. The van der Waals surface area contributed by atoms with Crippen LogP contribution in [-0.2, 0) is 9.84 Å². The Morgan fingerprint density at radius 1 is 1.24 bits per heavy atom. The van der Waals surface area contributed by atoms with Crippen LogP contribution < -0.4 is 0 Å². The van der Waals surface area contributed by atoms with E-state index in [2.05, 4.69) is 9.55 Å². The molecule has 2 aliphatic rings. The highest BCUT2D eigenvalue weighted by Crippen LogP contribution is 2.53. The van der Waals surface area contributed by atoms with E-state index in [1.807, 2.05) is 12.1 Å². The van der Waals surface area contributed by atoms with Gasteiger partial charge >= 0.3 is 0 Å². The minimum Gasteiger partial charge on any atom is -0.329 e. The van der Waals surface area contributed by atoms with Gasteiger partial charge in [-0.2, -0.15) is 0 Å². The number of imidazole rings is 1. The number of aromatic nitrogens is 2. The first-order valence-corrected chi connectivity index (χ1v) is 9.70. The normalized spacial score (nSPS) is 19.5. The summed E-state index contributed by atoms with van der Waals surface area (Å²) in [6, 6.07) is 5.89. The molecule has 6 heteroatoms. The monoisotopic (exact) mass is 322 g/mol. The van der Waals surface area contributed by atoms with Gasteiger partial charge in [0.25, 0.3) is 0 Å². The summed E-state index contributed by atoms with van der Waals surface area (Å²) in [6.45, 7) is 0. The zero-order valence-electron chi connectivity index (χ0n) is 11.9. The highest BCUT2D eigenvalue weighted by atomic mass is 32.2. The van der Waals surface area contributed by atoms with Gasteiger partial charge in [-0.05, 0) is 61.9 Å². The molecule has 0 unspecified atom stereocenters. The van der Waals surface area contributed by atoms with E-state index in [1.54, 1.807) is 6.07 Å². The second kappa shape index (κ2) is 4.43. The minimum absolute atomic E-state index is 0.343. The lowest BCUT2D eigenvalue weighted by Gasteiger charge is -2.18. The molecule has 112 valence electrons. The molecule has 0 saturated heterocycles. The predicted octanol–water partition coefficient (Wildman–Crippen LogP) is 3.46. The fraction of sp³-hybridized carbons (Fsp3) is 0.533. The maximum Gasteiger partial charge on any atom is 0.178 e. The topological polar surface area (TPSA) is 54.9 Å². The zero-order valence-corrected chi connectivity index (χ0v) is 13.5. The maximum atomic E-state index is 12.0. The number of benzene rings is 1. The third kappa shape index (κ3) is 2.25. The third-order valence-corrected chi connectivity index (χ3v) is 6.06. The van der Waals surface area contributed by atoms with Crippen molar-refractivity contribution in [3.63, 3.8) is 0 Å². The van der Waals surface area contributed by atoms with Gasteiger partial charge in [0.15, 0.2) is 14.6 Å². The van der Waals surface area contributed by atoms with Crippen molar-refractivity contribution in [2.24, 2.45) is 11.8 Å². The first kappa shape index (κ1) is 13.5. The molecule has 4 nitrogen and oxygen atoms in total. The SMILES string of the molecule is CS(=O)(=O)c1cccc2c1[nH]c(=S)n2C(C1CC1)C1CC1. The molecule has 1 heterocycles. The first-order valence-electron chi connectivity index (χ1n) is 7.40. The molecule has 1 aromatic carbocycles. The van der Waals surface area contributed by atoms with Crippen LogP contribution in [0, 0.1) is 16.6 Å². The number of fused-ring (bicyclic) bond motifs is 1. The number of hydrogen-bond acceptors (Lipinski definition) is 3. The Balaban J connectivity index is 1.98. The van der Waals surface area contributed by atoms with E-state index in [4.69, 9.17) is 12.2 Å². The van der Waals surface area contributed by atoms with E-state index >= 15 is 0 Å². The molecule has 21 heavy (non-hydrogen) atoms. The van der Waals surface area contributed by atoms with Crippen LogP contribution >= 0.6 is 12.2 Å². The van der Waals surface area contributed by atoms with Crippen molar-refractivity contribution in [1.82, 2.24) is 9.55 Å². The molecule has 0 spiro atoms. The molecule has 1 aromatic heterocycles. The third-order valence-electron chi connectivity index (χ3n) is 4.62. The number of nitrogens with one attached hydrogen (secondary N) is 1. The van der Waals surface area contributed by atoms with Gasteiger partial charge in [0.05, 0.1) is 15.9 Å². The number of H-pyrrole nitrogens is 1. The van der Waals surface area contributed by atoms with Gasteiger partial charge < -0.3 is 9.55 Å². The average molecular weight is 322 g/mol. The highest BCUT2D eigenvalue weighted by molar-refractivity contribution is 7.91. The average Bonchev–Trinajstić information content (AvgIpc) is 3.29. The highest BCUT2D eigenvalue weighted by Gasteiger charge is 2.43. The Morgan fingerprint density at radius 2 is 1.86 bits per heavy atom. The summed E-state index contributed by atoms with van der Waals surface area (Å²) in [5, 5.41) is 0. The summed E-state index contributed by atoms with van der Waals surface area (Å²) in [6.07, 6.45) is 6.31. The van der Waals surface area contributed by atoms with Crippen molar-refractivity contribution in [2.45, 2.75) is 36.6 Å². The molecule has 0 radical (unpaired) electrons. The molecule has 0 amide bonds. The summed E-state index contributed by atoms with van der Waals surface area (Å²) in [7, 11) is -3.26. The number of rotatable bonds is 4. The molecule has 2 aliphatic carbocycles. The van der Waals surface area contributed by atoms with Crippen molar-refractivity contribution in [3.05, 3.63) is 23.0 Å². The number of sulfone groups is 1. The van der Waals surface area contributed by atoms with Crippen LogP contribution in [-0.4, -0.2) is 24.2 Å². The van der Waals surface area contributed by atoms with E-state index in [-0.39, 0.29) is 0 Å². The van der Waals surface area contributed by atoms with Gasteiger partial charge in [-0.25, -0.2) is 8.42 Å². The lowest BCUT2D eigenvalue weighted by Crippen LogP contribution is -2.13. The number of aromatic amines is 1. The lowest BCUT2D eigenvalue weighted by atomic mass is 10.1. The first-order chi connectivity index (χ1) is 9.97. The van der Waals surface area contributed by atoms with Crippen LogP contribution in [0.5, 0.6) is 0 Å². The van der Waals surface area contributed by atoms with Crippen LogP contribution in [0.1, 0.15) is 31.7 Å². The summed E-state index contributed by atoms with van der Waals surface area (Å²) >= 11 is 5.52. The summed E-state index contributed by atoms with van der Waals surface area (Å²) in [5.74, 6) is 1.43. The Morgan fingerprint density at radius 3 is 2.38 bits per heavy atom. The van der Waals surface area contributed by atoms with Crippen LogP contribution in [0.3, 0.4) is 0 Å². The van der Waals surface area contributed by atoms with Crippen molar-refractivity contribution < 1.29 is 8.42 Å². The predicted molar refractivity (Wildman–Crippen MR) is 84.7 cm³/mol. The van der Waals surface area contributed by atoms with Crippen LogP contribution in [0.2, 0.25) is 0 Å². The Hall–Kier alpha value is -1.14. The van der Waals surface area contributed by atoms with Gasteiger partial charge in [-0.1, -0.05) is 6.07 Å². The number of para-hydroxylation sites is 1. The molecular formula is C15H18N2O2S2. The van der Waals surface area contributed by atoms with Gasteiger partial charge in [-0.3, -0.25) is 0 Å². The smallest absolute Gasteiger partial charge is 0.178 e. The van der Waals surface area contributed by atoms with Gasteiger partial charge in [0, 0.05) is 12.3 Å². The Kier molecular flexibility index (Phi) is 2.85. The standard InChI is InChI=1S/C15H18N2O2S2/c1-21(18,19)12-4-2-3-11-13(12)16-15(20)17(11)14(9-5-6-9)10-7-8-10/h2-4,9-10,14H,5-8H2,1H3,(H,16,20). The largest absolute Gasteiger partial charge is 0.329 e. The molecule has 4 rings (SSSR count). The molecule has 2 fully saturated rings. The molecule has 2 saturated carbocycles. The molecule has 2 aromatic rings. The fourth-order valence-corrected chi connectivity index (χ4v) is 4.58. The molecule has 0 aliphatic heterocycles. The van der Waals surface area contributed by atoms with Gasteiger partial charge in [0.1, 0.15) is 0 Å². The van der Waals surface area contributed by atoms with E-state index in [9.17, 15) is 8.42 Å². The van der Waals surface area contributed by atoms with E-state index < -0.39 is 9.84 Å². The van der Waals surface area contributed by atoms with Gasteiger partial charge in [0.2, 0.25) is 0 Å². The zero-order chi connectivity index (χ0) is 14.8.